The van der Waals surface area contributed by atoms with Gasteiger partial charge in [-0.25, -0.2) is 19.0 Å². The van der Waals surface area contributed by atoms with Gasteiger partial charge in [0, 0.05) is 13.1 Å². The Morgan fingerprint density at radius 3 is 2.32 bits per heavy atom. The van der Waals surface area contributed by atoms with Crippen molar-refractivity contribution in [1.29, 1.82) is 5.26 Å². The molecule has 0 aromatic carbocycles. The lowest BCUT2D eigenvalue weighted by atomic mass is 10.2. The number of halogens is 2. The van der Waals surface area contributed by atoms with Gasteiger partial charge in [0.1, 0.15) is 22.4 Å². The number of ether oxygens (including phenoxy) is 2. The summed E-state index contributed by atoms with van der Waals surface area (Å²) in [5, 5.41) is 11.1. The van der Waals surface area contributed by atoms with Gasteiger partial charge in [-0.3, -0.25) is 4.90 Å². The van der Waals surface area contributed by atoms with Crippen LogP contribution in [0.5, 0.6) is 0 Å². The molecule has 8 nitrogen and oxygen atoms in total. The molecule has 1 heterocycles. The van der Waals surface area contributed by atoms with Crippen LogP contribution in [-0.4, -0.2) is 41.5 Å². The number of hydrogen-bond donors (Lipinski definition) is 1. The molecule has 0 aliphatic heterocycles. The van der Waals surface area contributed by atoms with Crippen LogP contribution in [0.3, 0.4) is 0 Å². The number of pyridine rings is 1. The van der Waals surface area contributed by atoms with Crippen LogP contribution < -0.4 is 10.2 Å². The highest BCUT2D eigenvalue weighted by Gasteiger charge is 2.28. The van der Waals surface area contributed by atoms with E-state index < -0.39 is 35.0 Å². The molecule has 0 saturated heterocycles. The topological polar surface area (TPSA) is 105 Å². The van der Waals surface area contributed by atoms with Crippen LogP contribution in [-0.2, 0) is 9.47 Å². The zero-order chi connectivity index (χ0) is 21.7. The third-order valence-electron chi connectivity index (χ3n) is 2.90. The molecular weight excluding hydrogens is 391 g/mol. The SMILES string of the molecule is CC(C)(C)OC(=O)NCCN(C(=O)OC(C)(C)C)c1nc(Cl)c(C#N)cc1F. The summed E-state index contributed by atoms with van der Waals surface area (Å²) in [6, 6.07) is 2.59. The molecule has 0 atom stereocenters. The predicted molar refractivity (Wildman–Crippen MR) is 102 cm³/mol. The number of nitriles is 1. The van der Waals surface area contributed by atoms with Gasteiger partial charge in [-0.2, -0.15) is 5.26 Å². The summed E-state index contributed by atoms with van der Waals surface area (Å²) in [4.78, 5) is 29.0. The second kappa shape index (κ2) is 9.06. The summed E-state index contributed by atoms with van der Waals surface area (Å²) < 4.78 is 24.8. The van der Waals surface area contributed by atoms with E-state index in [1.807, 2.05) is 0 Å². The van der Waals surface area contributed by atoms with Crippen molar-refractivity contribution in [3.63, 3.8) is 0 Å². The molecule has 0 spiro atoms. The Kier molecular flexibility index (Phi) is 7.58. The maximum Gasteiger partial charge on any atom is 0.416 e. The van der Waals surface area contributed by atoms with E-state index in [1.165, 1.54) is 0 Å². The molecule has 1 N–H and O–H groups in total. The molecule has 0 aliphatic carbocycles. The molecule has 154 valence electrons. The number of rotatable bonds is 4. The average Bonchev–Trinajstić information content (AvgIpc) is 2.50. The van der Waals surface area contributed by atoms with Crippen LogP contribution >= 0.6 is 11.6 Å². The quantitative estimate of drug-likeness (QED) is 0.746. The Hall–Kier alpha value is -2.60. The van der Waals surface area contributed by atoms with Gasteiger partial charge < -0.3 is 14.8 Å². The lowest BCUT2D eigenvalue weighted by Crippen LogP contribution is -2.43. The Morgan fingerprint density at radius 1 is 1.25 bits per heavy atom. The molecule has 2 amide bonds. The van der Waals surface area contributed by atoms with Crippen molar-refractivity contribution in [1.82, 2.24) is 10.3 Å². The molecular formula is C18H24ClFN4O4. The van der Waals surface area contributed by atoms with Crippen LogP contribution in [0.1, 0.15) is 47.1 Å². The van der Waals surface area contributed by atoms with Crippen molar-refractivity contribution < 1.29 is 23.5 Å². The van der Waals surface area contributed by atoms with Gasteiger partial charge in [0.2, 0.25) is 0 Å². The number of aromatic nitrogens is 1. The van der Waals surface area contributed by atoms with Crippen LogP contribution in [0.15, 0.2) is 6.07 Å². The van der Waals surface area contributed by atoms with Crippen molar-refractivity contribution in [3.8, 4) is 6.07 Å². The van der Waals surface area contributed by atoms with E-state index in [0.717, 1.165) is 11.0 Å². The highest BCUT2D eigenvalue weighted by Crippen LogP contribution is 2.24. The van der Waals surface area contributed by atoms with E-state index in [0.29, 0.717) is 0 Å². The lowest BCUT2D eigenvalue weighted by molar-refractivity contribution is 0.0512. The van der Waals surface area contributed by atoms with Crippen LogP contribution in [0.4, 0.5) is 19.8 Å². The Bertz CT molecular complexity index is 782. The van der Waals surface area contributed by atoms with Gasteiger partial charge in [0.25, 0.3) is 0 Å². The van der Waals surface area contributed by atoms with Crippen LogP contribution in [0, 0.1) is 17.1 Å². The lowest BCUT2D eigenvalue weighted by Gasteiger charge is -2.27. The molecule has 0 unspecified atom stereocenters. The van der Waals surface area contributed by atoms with Crippen LogP contribution in [0.25, 0.3) is 0 Å². The third kappa shape index (κ3) is 7.56. The zero-order valence-electron chi connectivity index (χ0n) is 16.7. The number of amides is 2. The Balaban J connectivity index is 3.05. The number of carbonyl (C=O) groups excluding carboxylic acids is 2. The fourth-order valence-corrected chi connectivity index (χ4v) is 2.09. The fraction of sp³-hybridized carbons (Fsp3) is 0.556. The summed E-state index contributed by atoms with van der Waals surface area (Å²) >= 11 is 5.87. The molecule has 10 heteroatoms. The summed E-state index contributed by atoms with van der Waals surface area (Å²) in [6.07, 6.45) is -1.58. The number of carbonyl (C=O) groups is 2. The molecule has 0 saturated carbocycles. The second-order valence-electron chi connectivity index (χ2n) is 7.80. The summed E-state index contributed by atoms with van der Waals surface area (Å²) in [6.45, 7) is 9.84. The number of nitrogens with one attached hydrogen (secondary N) is 1. The molecule has 1 aromatic rings. The van der Waals surface area contributed by atoms with Crippen molar-refractivity contribution >= 4 is 29.6 Å². The molecule has 0 fully saturated rings. The fourth-order valence-electron chi connectivity index (χ4n) is 1.91. The van der Waals surface area contributed by atoms with Crippen molar-refractivity contribution in [2.45, 2.75) is 52.7 Å². The van der Waals surface area contributed by atoms with Crippen LogP contribution in [0.2, 0.25) is 5.15 Å². The summed E-state index contributed by atoms with van der Waals surface area (Å²) in [5.41, 5.74) is -1.71. The van der Waals surface area contributed by atoms with E-state index in [9.17, 15) is 14.0 Å². The molecule has 0 bridgehead atoms. The first-order valence-corrected chi connectivity index (χ1v) is 8.85. The van der Waals surface area contributed by atoms with E-state index in [4.69, 9.17) is 26.3 Å². The minimum absolute atomic E-state index is 0.0626. The Morgan fingerprint density at radius 2 is 1.82 bits per heavy atom. The van der Waals surface area contributed by atoms with Gasteiger partial charge in [-0.15, -0.1) is 0 Å². The van der Waals surface area contributed by atoms with E-state index in [1.54, 1.807) is 47.6 Å². The number of alkyl carbamates (subject to hydrolysis) is 1. The maximum atomic E-state index is 14.4. The average molecular weight is 415 g/mol. The first kappa shape index (κ1) is 23.4. The number of nitrogens with zero attached hydrogens (tertiary/aromatic N) is 3. The minimum atomic E-state index is -0.927. The molecule has 0 aliphatic rings. The second-order valence-corrected chi connectivity index (χ2v) is 8.16. The van der Waals surface area contributed by atoms with Crippen molar-refractivity contribution in [2.75, 3.05) is 18.0 Å². The monoisotopic (exact) mass is 414 g/mol. The molecule has 28 heavy (non-hydrogen) atoms. The standard InChI is InChI=1S/C18H24ClFN4O4/c1-17(2,3)27-15(25)22-7-8-24(16(26)28-18(4,5)6)14-12(20)9-11(10-21)13(19)23-14/h9H,7-8H2,1-6H3,(H,22,25). The van der Waals surface area contributed by atoms with E-state index in [-0.39, 0.29) is 23.8 Å². The summed E-state index contributed by atoms with van der Waals surface area (Å²) in [7, 11) is 0. The van der Waals surface area contributed by atoms with Gasteiger partial charge in [0.05, 0.1) is 5.56 Å². The highest BCUT2D eigenvalue weighted by atomic mass is 35.5. The third-order valence-corrected chi connectivity index (χ3v) is 3.19. The molecule has 1 rings (SSSR count). The van der Waals surface area contributed by atoms with E-state index >= 15 is 0 Å². The van der Waals surface area contributed by atoms with Crippen molar-refractivity contribution in [2.24, 2.45) is 0 Å². The first-order valence-electron chi connectivity index (χ1n) is 8.47. The van der Waals surface area contributed by atoms with Gasteiger partial charge in [-0.1, -0.05) is 11.6 Å². The van der Waals surface area contributed by atoms with Crippen molar-refractivity contribution in [3.05, 3.63) is 22.6 Å². The van der Waals surface area contributed by atoms with Gasteiger partial charge in [0.15, 0.2) is 11.6 Å². The van der Waals surface area contributed by atoms with Gasteiger partial charge >= 0.3 is 12.2 Å². The predicted octanol–water partition coefficient (Wildman–Crippen LogP) is 4.01. The maximum absolute atomic E-state index is 14.4. The van der Waals surface area contributed by atoms with Gasteiger partial charge in [-0.05, 0) is 47.6 Å². The number of hydrogen-bond acceptors (Lipinski definition) is 6. The molecule has 1 aromatic heterocycles. The summed E-state index contributed by atoms with van der Waals surface area (Å²) in [5.74, 6) is -1.34. The minimum Gasteiger partial charge on any atom is -0.444 e. The smallest absolute Gasteiger partial charge is 0.416 e. The normalized spacial score (nSPS) is 11.4. The largest absolute Gasteiger partial charge is 0.444 e. The highest BCUT2D eigenvalue weighted by molar-refractivity contribution is 6.30. The number of anilines is 1. The van der Waals surface area contributed by atoms with E-state index in [2.05, 4.69) is 10.3 Å². The zero-order valence-corrected chi connectivity index (χ0v) is 17.5. The first-order chi connectivity index (χ1) is 12.7. The molecule has 0 radical (unpaired) electrons. The Labute approximate surface area is 168 Å².